The third-order valence-electron chi connectivity index (χ3n) is 2.35. The molecular weight excluding hydrogens is 221 g/mol. The Bertz CT molecular complexity index is 383. The molecule has 0 saturated carbocycles. The van der Waals surface area contributed by atoms with E-state index in [0.717, 1.165) is 6.07 Å². The molecule has 1 heterocycles. The molecule has 16 heavy (non-hydrogen) atoms. The number of hydrogen-bond donors (Lipinski definition) is 0. The van der Waals surface area contributed by atoms with Crippen LogP contribution in [0.5, 0.6) is 5.75 Å². The van der Waals surface area contributed by atoms with Gasteiger partial charge in [-0.05, 0) is 24.6 Å². The molecule has 1 aliphatic rings. The van der Waals surface area contributed by atoms with E-state index >= 15 is 0 Å². The Morgan fingerprint density at radius 3 is 2.69 bits per heavy atom. The molecule has 1 fully saturated rings. The average molecular weight is 232 g/mol. The smallest absolute Gasteiger partial charge is 0.416 e. The maximum absolute atomic E-state index is 12.6. The van der Waals surface area contributed by atoms with Gasteiger partial charge in [0, 0.05) is 0 Å². The second-order valence-corrected chi connectivity index (χ2v) is 3.74. The van der Waals surface area contributed by atoms with Gasteiger partial charge in [0.1, 0.15) is 18.5 Å². The van der Waals surface area contributed by atoms with E-state index < -0.39 is 11.7 Å². The lowest BCUT2D eigenvalue weighted by atomic mass is 10.1. The number of halogens is 3. The largest absolute Gasteiger partial charge is 0.491 e. The van der Waals surface area contributed by atoms with Crippen LogP contribution < -0.4 is 4.74 Å². The third-order valence-corrected chi connectivity index (χ3v) is 2.35. The van der Waals surface area contributed by atoms with Crippen LogP contribution >= 0.6 is 0 Å². The van der Waals surface area contributed by atoms with Crippen molar-refractivity contribution in [3.63, 3.8) is 0 Å². The highest BCUT2D eigenvalue weighted by Crippen LogP contribution is 2.34. The summed E-state index contributed by atoms with van der Waals surface area (Å²) in [4.78, 5) is 0. The van der Waals surface area contributed by atoms with E-state index in [1.165, 1.54) is 19.1 Å². The molecule has 2 rings (SSSR count). The summed E-state index contributed by atoms with van der Waals surface area (Å²) in [7, 11) is 0. The average Bonchev–Trinajstić information content (AvgIpc) is 2.98. The zero-order valence-corrected chi connectivity index (χ0v) is 8.67. The SMILES string of the molecule is Cc1ccc(OC[C@@H]2CO2)cc1C(F)(F)F. The molecule has 1 aromatic carbocycles. The van der Waals surface area contributed by atoms with Gasteiger partial charge < -0.3 is 9.47 Å². The summed E-state index contributed by atoms with van der Waals surface area (Å²) in [6.07, 6.45) is -4.30. The van der Waals surface area contributed by atoms with Crippen LogP contribution in [0.1, 0.15) is 11.1 Å². The molecule has 0 unspecified atom stereocenters. The van der Waals surface area contributed by atoms with E-state index in [4.69, 9.17) is 9.47 Å². The fourth-order valence-corrected chi connectivity index (χ4v) is 1.35. The molecule has 0 bridgehead atoms. The zero-order valence-electron chi connectivity index (χ0n) is 8.67. The maximum atomic E-state index is 12.6. The second kappa shape index (κ2) is 3.97. The van der Waals surface area contributed by atoms with Crippen LogP contribution in [0.4, 0.5) is 13.2 Å². The monoisotopic (exact) mass is 232 g/mol. The van der Waals surface area contributed by atoms with Gasteiger partial charge in [-0.1, -0.05) is 6.07 Å². The van der Waals surface area contributed by atoms with E-state index in [1.807, 2.05) is 0 Å². The second-order valence-electron chi connectivity index (χ2n) is 3.74. The molecule has 1 saturated heterocycles. The van der Waals surface area contributed by atoms with Crippen LogP contribution in [-0.4, -0.2) is 19.3 Å². The van der Waals surface area contributed by atoms with Crippen LogP contribution in [-0.2, 0) is 10.9 Å². The third kappa shape index (κ3) is 2.66. The lowest BCUT2D eigenvalue weighted by Gasteiger charge is -2.12. The van der Waals surface area contributed by atoms with Crippen molar-refractivity contribution in [3.8, 4) is 5.75 Å². The Morgan fingerprint density at radius 1 is 1.44 bits per heavy atom. The number of alkyl halides is 3. The molecule has 0 aromatic heterocycles. The minimum absolute atomic E-state index is 0.0376. The first-order chi connectivity index (χ1) is 7.47. The molecule has 88 valence electrons. The molecule has 0 radical (unpaired) electrons. The molecule has 1 aliphatic heterocycles. The van der Waals surface area contributed by atoms with Gasteiger partial charge >= 0.3 is 6.18 Å². The molecule has 1 aromatic rings. The molecular formula is C11H11F3O2. The molecule has 1 atom stereocenters. The van der Waals surface area contributed by atoms with Gasteiger partial charge in [0.05, 0.1) is 12.2 Å². The summed E-state index contributed by atoms with van der Waals surface area (Å²) in [5, 5.41) is 0. The number of ether oxygens (including phenoxy) is 2. The highest BCUT2D eigenvalue weighted by Gasteiger charge is 2.33. The molecule has 0 aliphatic carbocycles. The van der Waals surface area contributed by atoms with Crippen molar-refractivity contribution in [3.05, 3.63) is 29.3 Å². The number of aryl methyl sites for hydroxylation is 1. The number of benzene rings is 1. The van der Waals surface area contributed by atoms with Crippen molar-refractivity contribution in [2.45, 2.75) is 19.2 Å². The van der Waals surface area contributed by atoms with Gasteiger partial charge in [0.25, 0.3) is 0 Å². The van der Waals surface area contributed by atoms with Gasteiger partial charge in [-0.25, -0.2) is 0 Å². The van der Waals surface area contributed by atoms with Crippen molar-refractivity contribution < 1.29 is 22.6 Å². The lowest BCUT2D eigenvalue weighted by molar-refractivity contribution is -0.138. The fraction of sp³-hybridized carbons (Fsp3) is 0.455. The van der Waals surface area contributed by atoms with Crippen molar-refractivity contribution in [2.75, 3.05) is 13.2 Å². The van der Waals surface area contributed by atoms with Crippen LogP contribution in [0.25, 0.3) is 0 Å². The first kappa shape index (κ1) is 11.3. The molecule has 0 spiro atoms. The van der Waals surface area contributed by atoms with E-state index in [2.05, 4.69) is 0 Å². The summed E-state index contributed by atoms with van der Waals surface area (Å²) in [6.45, 7) is 2.36. The highest BCUT2D eigenvalue weighted by atomic mass is 19.4. The normalized spacial score (nSPS) is 19.6. The van der Waals surface area contributed by atoms with Gasteiger partial charge in [-0.15, -0.1) is 0 Å². The summed E-state index contributed by atoms with van der Waals surface area (Å²) >= 11 is 0. The minimum atomic E-state index is -4.33. The van der Waals surface area contributed by atoms with Gasteiger partial charge in [0.2, 0.25) is 0 Å². The van der Waals surface area contributed by atoms with Crippen LogP contribution in [0.15, 0.2) is 18.2 Å². The molecule has 5 heteroatoms. The predicted molar refractivity (Wildman–Crippen MR) is 51.4 cm³/mol. The standard InChI is InChI=1S/C11H11F3O2/c1-7-2-3-8(15-5-9-6-16-9)4-10(7)11(12,13)14/h2-4,9H,5-6H2,1H3/t9-/m1/s1. The van der Waals surface area contributed by atoms with E-state index in [1.54, 1.807) is 0 Å². The van der Waals surface area contributed by atoms with E-state index in [-0.39, 0.29) is 17.4 Å². The summed E-state index contributed by atoms with van der Waals surface area (Å²) in [5.74, 6) is 0.230. The summed E-state index contributed by atoms with van der Waals surface area (Å²) < 4.78 is 47.8. The Kier molecular flexibility index (Phi) is 2.80. The predicted octanol–water partition coefficient (Wildman–Crippen LogP) is 2.79. The van der Waals surface area contributed by atoms with Crippen molar-refractivity contribution >= 4 is 0 Å². The number of hydrogen-bond acceptors (Lipinski definition) is 2. The van der Waals surface area contributed by atoms with Crippen LogP contribution in [0, 0.1) is 6.92 Å². The van der Waals surface area contributed by atoms with Crippen molar-refractivity contribution in [1.29, 1.82) is 0 Å². The Hall–Kier alpha value is -1.23. The number of rotatable bonds is 3. The highest BCUT2D eigenvalue weighted by molar-refractivity contribution is 5.36. The quantitative estimate of drug-likeness (QED) is 0.747. The minimum Gasteiger partial charge on any atom is -0.491 e. The Morgan fingerprint density at radius 2 is 2.12 bits per heavy atom. The lowest BCUT2D eigenvalue weighted by Crippen LogP contribution is -2.09. The van der Waals surface area contributed by atoms with E-state index in [0.29, 0.717) is 13.2 Å². The topological polar surface area (TPSA) is 21.8 Å². The van der Waals surface area contributed by atoms with Crippen molar-refractivity contribution in [1.82, 2.24) is 0 Å². The van der Waals surface area contributed by atoms with Gasteiger partial charge in [-0.2, -0.15) is 13.2 Å². The van der Waals surface area contributed by atoms with E-state index in [9.17, 15) is 13.2 Å². The Labute approximate surface area is 91.0 Å². The van der Waals surface area contributed by atoms with Crippen LogP contribution in [0.3, 0.4) is 0 Å². The van der Waals surface area contributed by atoms with Gasteiger partial charge in [-0.3, -0.25) is 0 Å². The fourth-order valence-electron chi connectivity index (χ4n) is 1.35. The first-order valence-corrected chi connectivity index (χ1v) is 4.89. The molecule has 0 N–H and O–H groups in total. The summed E-state index contributed by atoms with van der Waals surface area (Å²) in [5.41, 5.74) is -0.454. The van der Waals surface area contributed by atoms with Crippen LogP contribution in [0.2, 0.25) is 0 Å². The zero-order chi connectivity index (χ0) is 11.8. The Balaban J connectivity index is 2.13. The van der Waals surface area contributed by atoms with Gasteiger partial charge in [0.15, 0.2) is 0 Å². The van der Waals surface area contributed by atoms with Crippen molar-refractivity contribution in [2.24, 2.45) is 0 Å². The maximum Gasteiger partial charge on any atom is 0.416 e. The molecule has 2 nitrogen and oxygen atoms in total. The molecule has 0 amide bonds. The summed E-state index contributed by atoms with van der Waals surface area (Å²) in [6, 6.07) is 3.97. The first-order valence-electron chi connectivity index (χ1n) is 4.89. The number of epoxide rings is 1.